The predicted octanol–water partition coefficient (Wildman–Crippen LogP) is 3.37. The number of thiazole rings is 1. The summed E-state index contributed by atoms with van der Waals surface area (Å²) in [5.74, 6) is -0.439. The van der Waals surface area contributed by atoms with Gasteiger partial charge in [-0.3, -0.25) is 4.79 Å². The van der Waals surface area contributed by atoms with Crippen LogP contribution in [0.3, 0.4) is 0 Å². The second kappa shape index (κ2) is 7.67. The van der Waals surface area contributed by atoms with Gasteiger partial charge in [-0.1, -0.05) is 36.4 Å². The number of anilines is 2. The van der Waals surface area contributed by atoms with E-state index in [1.165, 1.54) is 18.3 Å². The highest BCUT2D eigenvalue weighted by molar-refractivity contribution is 7.93. The number of carbonyl (C=O) groups excluding carboxylic acids is 1. The maximum absolute atomic E-state index is 13.1. The maximum Gasteiger partial charge on any atom is 0.266 e. The summed E-state index contributed by atoms with van der Waals surface area (Å²) in [5, 5.41) is 4.65. The Balaban J connectivity index is 1.96. The molecule has 0 aliphatic heterocycles. The molecule has 0 fully saturated rings. The first-order chi connectivity index (χ1) is 12.5. The number of carbonyl (C=O) groups is 1. The molecule has 0 aliphatic rings. The van der Waals surface area contributed by atoms with Crippen molar-refractivity contribution in [3.05, 3.63) is 72.2 Å². The molecule has 0 saturated carbocycles. The van der Waals surface area contributed by atoms with Gasteiger partial charge in [-0.2, -0.15) is 0 Å². The van der Waals surface area contributed by atoms with E-state index in [9.17, 15) is 13.2 Å². The van der Waals surface area contributed by atoms with Gasteiger partial charge in [0.1, 0.15) is 6.04 Å². The molecule has 0 saturated heterocycles. The number of aromatic nitrogens is 1. The van der Waals surface area contributed by atoms with Crippen LogP contribution in [-0.2, 0) is 14.8 Å². The van der Waals surface area contributed by atoms with Gasteiger partial charge in [0.05, 0.1) is 4.90 Å². The first kappa shape index (κ1) is 18.1. The molecule has 0 aliphatic carbocycles. The van der Waals surface area contributed by atoms with Crippen LogP contribution >= 0.6 is 11.3 Å². The van der Waals surface area contributed by atoms with E-state index in [2.05, 4.69) is 10.3 Å². The second-order valence-electron chi connectivity index (χ2n) is 5.46. The Morgan fingerprint density at radius 1 is 1.08 bits per heavy atom. The monoisotopic (exact) mass is 387 g/mol. The first-order valence-corrected chi connectivity index (χ1v) is 10.2. The third-order valence-electron chi connectivity index (χ3n) is 3.68. The molecule has 1 aromatic heterocycles. The molecule has 1 heterocycles. The van der Waals surface area contributed by atoms with Crippen LogP contribution in [0.25, 0.3) is 0 Å². The van der Waals surface area contributed by atoms with Crippen LogP contribution in [0.1, 0.15) is 6.92 Å². The van der Waals surface area contributed by atoms with Gasteiger partial charge in [0, 0.05) is 17.3 Å². The van der Waals surface area contributed by atoms with E-state index in [0.29, 0.717) is 5.69 Å². The van der Waals surface area contributed by atoms with Crippen molar-refractivity contribution in [2.75, 3.05) is 9.62 Å². The number of amides is 1. The van der Waals surface area contributed by atoms with E-state index in [0.717, 1.165) is 15.6 Å². The van der Waals surface area contributed by atoms with Crippen molar-refractivity contribution in [2.24, 2.45) is 0 Å². The molecule has 0 spiro atoms. The smallest absolute Gasteiger partial charge is 0.266 e. The van der Waals surface area contributed by atoms with Gasteiger partial charge in [-0.05, 0) is 31.2 Å². The molecule has 3 aromatic rings. The number of hydrogen-bond donors (Lipinski definition) is 1. The molecule has 26 heavy (non-hydrogen) atoms. The number of benzene rings is 2. The zero-order chi connectivity index (χ0) is 18.6. The van der Waals surface area contributed by atoms with Gasteiger partial charge >= 0.3 is 0 Å². The average molecular weight is 387 g/mol. The van der Waals surface area contributed by atoms with Crippen molar-refractivity contribution in [3.63, 3.8) is 0 Å². The molecule has 8 heteroatoms. The molecular weight excluding hydrogens is 370 g/mol. The molecule has 0 radical (unpaired) electrons. The van der Waals surface area contributed by atoms with Crippen LogP contribution in [-0.4, -0.2) is 25.4 Å². The lowest BCUT2D eigenvalue weighted by atomic mass is 10.3. The topological polar surface area (TPSA) is 79.4 Å². The Kier molecular flexibility index (Phi) is 5.34. The molecule has 0 bridgehead atoms. The largest absolute Gasteiger partial charge is 0.324 e. The Morgan fingerprint density at radius 3 is 2.27 bits per heavy atom. The lowest BCUT2D eigenvalue weighted by Gasteiger charge is -2.27. The molecule has 134 valence electrons. The Hall–Kier alpha value is -2.71. The van der Waals surface area contributed by atoms with Crippen molar-refractivity contribution in [2.45, 2.75) is 17.9 Å². The highest BCUT2D eigenvalue weighted by atomic mass is 32.2. The predicted molar refractivity (Wildman–Crippen MR) is 103 cm³/mol. The minimum atomic E-state index is -3.94. The van der Waals surface area contributed by atoms with Gasteiger partial charge < -0.3 is 5.32 Å². The zero-order valence-corrected chi connectivity index (χ0v) is 15.6. The normalized spacial score (nSPS) is 12.3. The van der Waals surface area contributed by atoms with Crippen LogP contribution in [0.5, 0.6) is 0 Å². The Labute approximate surface area is 156 Å². The summed E-state index contributed by atoms with van der Waals surface area (Å²) in [7, 11) is -3.94. The number of nitrogens with one attached hydrogen (secondary N) is 1. The molecule has 6 nitrogen and oxygen atoms in total. The molecule has 2 aromatic carbocycles. The summed E-state index contributed by atoms with van der Waals surface area (Å²) < 4.78 is 27.3. The van der Waals surface area contributed by atoms with Crippen molar-refractivity contribution in [3.8, 4) is 0 Å². The highest BCUT2D eigenvalue weighted by Crippen LogP contribution is 2.28. The molecule has 1 N–H and O–H groups in total. The lowest BCUT2D eigenvalue weighted by Crippen LogP contribution is -2.45. The van der Waals surface area contributed by atoms with E-state index >= 15 is 0 Å². The average Bonchev–Trinajstić information content (AvgIpc) is 3.17. The fourth-order valence-electron chi connectivity index (χ4n) is 2.38. The van der Waals surface area contributed by atoms with Crippen molar-refractivity contribution in [1.82, 2.24) is 4.98 Å². The van der Waals surface area contributed by atoms with E-state index in [-0.39, 0.29) is 10.0 Å². The summed E-state index contributed by atoms with van der Waals surface area (Å²) in [6, 6.07) is 15.9. The van der Waals surface area contributed by atoms with Crippen LogP contribution in [0, 0.1) is 0 Å². The van der Waals surface area contributed by atoms with E-state index in [4.69, 9.17) is 0 Å². The standard InChI is InChI=1S/C18H17N3O3S2/c1-14(17(22)20-15-8-4-2-5-9-15)21(18-19-12-13-25-18)26(23,24)16-10-6-3-7-11-16/h2-14H,1H3,(H,20,22)/t14-/m1/s1. The molecule has 1 amide bonds. The zero-order valence-electron chi connectivity index (χ0n) is 13.9. The Morgan fingerprint density at radius 2 is 1.69 bits per heavy atom. The second-order valence-corrected chi connectivity index (χ2v) is 8.15. The summed E-state index contributed by atoms with van der Waals surface area (Å²) in [6.45, 7) is 1.54. The van der Waals surface area contributed by atoms with Crippen molar-refractivity contribution < 1.29 is 13.2 Å². The summed E-state index contributed by atoms with van der Waals surface area (Å²) in [6.07, 6.45) is 1.51. The highest BCUT2D eigenvalue weighted by Gasteiger charge is 2.34. The lowest BCUT2D eigenvalue weighted by molar-refractivity contribution is -0.116. The SMILES string of the molecule is C[C@H](C(=O)Nc1ccccc1)N(c1nccs1)S(=O)(=O)c1ccccc1. The van der Waals surface area contributed by atoms with Crippen LogP contribution in [0.15, 0.2) is 77.1 Å². The maximum atomic E-state index is 13.1. The number of sulfonamides is 1. The summed E-state index contributed by atoms with van der Waals surface area (Å²) in [5.41, 5.74) is 0.598. The minimum absolute atomic E-state index is 0.106. The number of hydrogen-bond acceptors (Lipinski definition) is 5. The third-order valence-corrected chi connectivity index (χ3v) is 6.44. The van der Waals surface area contributed by atoms with Crippen LogP contribution < -0.4 is 9.62 Å². The fraction of sp³-hybridized carbons (Fsp3) is 0.111. The van der Waals surface area contributed by atoms with Crippen LogP contribution in [0.2, 0.25) is 0 Å². The minimum Gasteiger partial charge on any atom is -0.324 e. The van der Waals surface area contributed by atoms with E-state index < -0.39 is 22.0 Å². The number of para-hydroxylation sites is 1. The third kappa shape index (κ3) is 3.76. The van der Waals surface area contributed by atoms with Crippen molar-refractivity contribution >= 4 is 38.1 Å². The molecule has 3 rings (SSSR count). The van der Waals surface area contributed by atoms with Crippen molar-refractivity contribution in [1.29, 1.82) is 0 Å². The quantitative estimate of drug-likeness (QED) is 0.703. The summed E-state index contributed by atoms with van der Waals surface area (Å²) >= 11 is 1.16. The number of rotatable bonds is 6. The van der Waals surface area contributed by atoms with Gasteiger partial charge in [0.2, 0.25) is 5.91 Å². The van der Waals surface area contributed by atoms with E-state index in [1.54, 1.807) is 54.8 Å². The van der Waals surface area contributed by atoms with Gasteiger partial charge in [0.25, 0.3) is 10.0 Å². The number of nitrogens with zero attached hydrogens (tertiary/aromatic N) is 2. The van der Waals surface area contributed by atoms with Gasteiger partial charge in [-0.15, -0.1) is 11.3 Å². The fourth-order valence-corrected chi connectivity index (χ4v) is 4.93. The van der Waals surface area contributed by atoms with Gasteiger partial charge in [0.15, 0.2) is 5.13 Å². The molecule has 0 unspecified atom stereocenters. The Bertz CT molecular complexity index is 959. The molecular formula is C18H17N3O3S2. The van der Waals surface area contributed by atoms with Gasteiger partial charge in [-0.25, -0.2) is 17.7 Å². The first-order valence-electron chi connectivity index (χ1n) is 7.85. The van der Waals surface area contributed by atoms with E-state index in [1.807, 2.05) is 6.07 Å². The summed E-state index contributed by atoms with van der Waals surface area (Å²) in [4.78, 5) is 16.9. The molecule has 1 atom stereocenters. The van der Waals surface area contributed by atoms with Crippen LogP contribution in [0.4, 0.5) is 10.8 Å².